The van der Waals surface area contributed by atoms with Gasteiger partial charge >= 0.3 is 5.97 Å². The topological polar surface area (TPSA) is 53.9 Å². The van der Waals surface area contributed by atoms with E-state index in [2.05, 4.69) is 29.1 Å². The lowest BCUT2D eigenvalue weighted by atomic mass is 10.0. The number of esters is 1. The van der Waals surface area contributed by atoms with Crippen molar-refractivity contribution >= 4 is 35.9 Å². The third-order valence-electron chi connectivity index (χ3n) is 3.40. The maximum absolute atomic E-state index is 11.3. The number of carbonyl (C=O) groups excluding carboxylic acids is 1. The summed E-state index contributed by atoms with van der Waals surface area (Å²) >= 11 is 0. The van der Waals surface area contributed by atoms with Crippen molar-refractivity contribution in [1.29, 1.82) is 0 Å². The van der Waals surface area contributed by atoms with Gasteiger partial charge in [0.2, 0.25) is 0 Å². The number of carbonyl (C=O) groups is 1. The molecule has 0 saturated carbocycles. The fourth-order valence-electron chi connectivity index (χ4n) is 2.45. The number of hydrogen-bond donors (Lipinski definition) is 1. The largest absolute Gasteiger partial charge is 0.466 e. The number of nitrogens with one attached hydrogen (secondary N) is 1. The van der Waals surface area contributed by atoms with Gasteiger partial charge in [-0.2, -0.15) is 0 Å². The third-order valence-corrected chi connectivity index (χ3v) is 3.40. The molecule has 1 rings (SSSR count). The molecule has 6 heteroatoms. The highest BCUT2D eigenvalue weighted by atomic mass is 127. The number of rotatable bonds is 6. The van der Waals surface area contributed by atoms with Crippen LogP contribution in [0.4, 0.5) is 0 Å². The van der Waals surface area contributed by atoms with E-state index in [1.165, 1.54) is 12.8 Å². The van der Waals surface area contributed by atoms with Crippen LogP contribution in [0.15, 0.2) is 4.99 Å². The highest BCUT2D eigenvalue weighted by Crippen LogP contribution is 2.15. The Morgan fingerprint density at radius 3 is 2.81 bits per heavy atom. The monoisotopic (exact) mass is 411 g/mol. The number of piperidine rings is 1. The number of aliphatic imine (C=N–C) groups is 1. The van der Waals surface area contributed by atoms with Crippen LogP contribution in [0, 0.1) is 5.92 Å². The third kappa shape index (κ3) is 8.48. The number of nitrogens with zero attached hydrogens (tertiary/aromatic N) is 2. The van der Waals surface area contributed by atoms with Crippen LogP contribution in [0.2, 0.25) is 0 Å². The molecule has 1 aliphatic heterocycles. The van der Waals surface area contributed by atoms with Crippen LogP contribution in [0.3, 0.4) is 0 Å². The van der Waals surface area contributed by atoms with Crippen molar-refractivity contribution < 1.29 is 9.53 Å². The van der Waals surface area contributed by atoms with Crippen molar-refractivity contribution in [2.24, 2.45) is 10.9 Å². The molecule has 0 spiro atoms. The first-order valence-electron chi connectivity index (χ1n) is 7.86. The lowest BCUT2D eigenvalue weighted by molar-refractivity contribution is -0.143. The van der Waals surface area contributed by atoms with Gasteiger partial charge in [0.05, 0.1) is 6.61 Å². The Hall–Kier alpha value is -0.530. The first-order valence-corrected chi connectivity index (χ1v) is 7.86. The Labute approximate surface area is 145 Å². The molecule has 1 unspecified atom stereocenters. The SMILES string of the molecule is CCNC(=NCCCC(=O)OCC)N1CCCC(C)C1.I. The van der Waals surface area contributed by atoms with Gasteiger partial charge in [-0.05, 0) is 39.0 Å². The summed E-state index contributed by atoms with van der Waals surface area (Å²) in [5.41, 5.74) is 0. The second kappa shape index (κ2) is 12.1. The Morgan fingerprint density at radius 1 is 1.43 bits per heavy atom. The maximum Gasteiger partial charge on any atom is 0.305 e. The van der Waals surface area contributed by atoms with E-state index in [1.54, 1.807) is 0 Å². The van der Waals surface area contributed by atoms with Gasteiger partial charge in [0.15, 0.2) is 5.96 Å². The van der Waals surface area contributed by atoms with Gasteiger partial charge in [-0.3, -0.25) is 9.79 Å². The molecule has 124 valence electrons. The molecule has 1 fully saturated rings. The zero-order valence-corrected chi connectivity index (χ0v) is 15.9. The van der Waals surface area contributed by atoms with Crippen molar-refractivity contribution in [3.63, 3.8) is 0 Å². The van der Waals surface area contributed by atoms with Gasteiger partial charge in [0, 0.05) is 32.6 Å². The van der Waals surface area contributed by atoms with Gasteiger partial charge in [0.1, 0.15) is 0 Å². The van der Waals surface area contributed by atoms with Crippen molar-refractivity contribution in [2.45, 2.75) is 46.5 Å². The molecule has 0 radical (unpaired) electrons. The molecular weight excluding hydrogens is 381 g/mol. The average Bonchev–Trinajstić information content (AvgIpc) is 2.42. The first kappa shape index (κ1) is 20.5. The second-order valence-electron chi connectivity index (χ2n) is 5.34. The van der Waals surface area contributed by atoms with Crippen LogP contribution in [0.25, 0.3) is 0 Å². The molecule has 0 aliphatic carbocycles. The summed E-state index contributed by atoms with van der Waals surface area (Å²) in [6.07, 6.45) is 3.73. The standard InChI is InChI=1S/C15H29N3O2.HI/c1-4-16-15(18-11-7-8-13(3)12-18)17-10-6-9-14(19)20-5-2;/h13H,4-12H2,1-3H3,(H,16,17);1H. The van der Waals surface area contributed by atoms with Crippen molar-refractivity contribution in [3.05, 3.63) is 0 Å². The van der Waals surface area contributed by atoms with Gasteiger partial charge in [0.25, 0.3) is 0 Å². The Bertz CT molecular complexity index is 324. The lowest BCUT2D eigenvalue weighted by Crippen LogP contribution is -2.46. The Balaban J connectivity index is 0.00000400. The molecule has 0 aromatic rings. The van der Waals surface area contributed by atoms with Crippen LogP contribution in [-0.4, -0.2) is 49.6 Å². The molecule has 0 aromatic heterocycles. The van der Waals surface area contributed by atoms with E-state index in [0.717, 1.165) is 37.9 Å². The summed E-state index contributed by atoms with van der Waals surface area (Å²) in [4.78, 5) is 18.2. The number of ether oxygens (including phenoxy) is 1. The van der Waals surface area contributed by atoms with E-state index >= 15 is 0 Å². The highest BCUT2D eigenvalue weighted by Gasteiger charge is 2.18. The normalized spacial score (nSPS) is 18.9. The Kier molecular flexibility index (Phi) is 11.8. The van der Waals surface area contributed by atoms with Crippen molar-refractivity contribution in [2.75, 3.05) is 32.8 Å². The predicted molar refractivity (Wildman–Crippen MR) is 97.2 cm³/mol. The molecule has 0 aromatic carbocycles. The lowest BCUT2D eigenvalue weighted by Gasteiger charge is -2.33. The molecule has 0 amide bonds. The number of hydrogen-bond acceptors (Lipinski definition) is 3. The average molecular weight is 411 g/mol. The molecule has 1 N–H and O–H groups in total. The molecule has 1 saturated heterocycles. The fraction of sp³-hybridized carbons (Fsp3) is 0.867. The van der Waals surface area contributed by atoms with E-state index in [9.17, 15) is 4.79 Å². The van der Waals surface area contributed by atoms with Gasteiger partial charge in [-0.15, -0.1) is 24.0 Å². The number of likely N-dealkylation sites (tertiary alicyclic amines) is 1. The van der Waals surface area contributed by atoms with Gasteiger partial charge in [-0.1, -0.05) is 6.92 Å². The summed E-state index contributed by atoms with van der Waals surface area (Å²) in [6.45, 7) is 10.4. The van der Waals surface area contributed by atoms with Crippen LogP contribution in [0.5, 0.6) is 0 Å². The summed E-state index contributed by atoms with van der Waals surface area (Å²) in [5.74, 6) is 1.59. The van der Waals surface area contributed by atoms with E-state index in [4.69, 9.17) is 4.74 Å². The second-order valence-corrected chi connectivity index (χ2v) is 5.34. The zero-order chi connectivity index (χ0) is 14.8. The first-order chi connectivity index (χ1) is 9.67. The predicted octanol–water partition coefficient (Wildman–Crippen LogP) is 2.65. The molecular formula is C15H30IN3O2. The highest BCUT2D eigenvalue weighted by molar-refractivity contribution is 14.0. The minimum absolute atomic E-state index is 0. The number of halogens is 1. The fourth-order valence-corrected chi connectivity index (χ4v) is 2.45. The van der Waals surface area contributed by atoms with Crippen molar-refractivity contribution in [1.82, 2.24) is 10.2 Å². The minimum Gasteiger partial charge on any atom is -0.466 e. The van der Waals surface area contributed by atoms with Crippen LogP contribution >= 0.6 is 24.0 Å². The van der Waals surface area contributed by atoms with E-state index in [-0.39, 0.29) is 29.9 Å². The quantitative estimate of drug-likeness (QED) is 0.240. The van der Waals surface area contributed by atoms with Crippen LogP contribution < -0.4 is 5.32 Å². The van der Waals surface area contributed by atoms with E-state index in [0.29, 0.717) is 19.6 Å². The molecule has 1 heterocycles. The minimum atomic E-state index is -0.126. The molecule has 5 nitrogen and oxygen atoms in total. The summed E-state index contributed by atoms with van der Waals surface area (Å²) in [7, 11) is 0. The smallest absolute Gasteiger partial charge is 0.305 e. The van der Waals surface area contributed by atoms with Crippen molar-refractivity contribution in [3.8, 4) is 0 Å². The Morgan fingerprint density at radius 2 is 2.19 bits per heavy atom. The molecule has 21 heavy (non-hydrogen) atoms. The summed E-state index contributed by atoms with van der Waals surface area (Å²) in [6, 6.07) is 0. The molecule has 1 atom stereocenters. The zero-order valence-electron chi connectivity index (χ0n) is 13.6. The van der Waals surface area contributed by atoms with Gasteiger partial charge < -0.3 is 15.0 Å². The van der Waals surface area contributed by atoms with Crippen LogP contribution in [-0.2, 0) is 9.53 Å². The van der Waals surface area contributed by atoms with Crippen LogP contribution in [0.1, 0.15) is 46.5 Å². The van der Waals surface area contributed by atoms with E-state index in [1.807, 2.05) is 6.92 Å². The summed E-state index contributed by atoms with van der Waals surface area (Å²) in [5, 5.41) is 3.35. The number of guanidine groups is 1. The maximum atomic E-state index is 11.3. The van der Waals surface area contributed by atoms with Gasteiger partial charge in [-0.25, -0.2) is 0 Å². The van der Waals surface area contributed by atoms with E-state index < -0.39 is 0 Å². The molecule has 0 bridgehead atoms. The molecule has 1 aliphatic rings. The summed E-state index contributed by atoms with van der Waals surface area (Å²) < 4.78 is 4.91.